The smallest absolute Gasteiger partial charge is 0.160 e. The zero-order chi connectivity index (χ0) is 14.9. The van der Waals surface area contributed by atoms with Crippen molar-refractivity contribution in [2.24, 2.45) is 5.73 Å². The number of hydrogen-bond donors (Lipinski definition) is 1. The number of halogens is 5. The molecule has 2 rings (SSSR count). The van der Waals surface area contributed by atoms with Crippen molar-refractivity contribution in [2.75, 3.05) is 0 Å². The predicted molar refractivity (Wildman–Crippen MR) is 68.4 cm³/mol. The van der Waals surface area contributed by atoms with Gasteiger partial charge in [-0.05, 0) is 36.2 Å². The van der Waals surface area contributed by atoms with Crippen LogP contribution in [0.2, 0.25) is 5.02 Å². The Bertz CT molecular complexity index is 625. The zero-order valence-electron chi connectivity index (χ0n) is 10.1. The highest BCUT2D eigenvalue weighted by Crippen LogP contribution is 2.28. The molecule has 0 aliphatic heterocycles. The molecule has 2 aromatic carbocycles. The van der Waals surface area contributed by atoms with Crippen LogP contribution in [0.25, 0.3) is 0 Å². The lowest BCUT2D eigenvalue weighted by atomic mass is 9.98. The number of nitrogens with two attached hydrogens (primary N) is 1. The van der Waals surface area contributed by atoms with Gasteiger partial charge in [-0.1, -0.05) is 17.7 Å². The van der Waals surface area contributed by atoms with E-state index in [-0.39, 0.29) is 22.6 Å². The quantitative estimate of drug-likeness (QED) is 0.669. The molecular formula is C14H10ClF4N. The maximum absolute atomic E-state index is 13.5. The molecule has 0 aliphatic carbocycles. The Morgan fingerprint density at radius 3 is 2.10 bits per heavy atom. The summed E-state index contributed by atoms with van der Waals surface area (Å²) in [5, 5.41) is -0.0897. The molecule has 1 nitrogen and oxygen atoms in total. The molecule has 1 unspecified atom stereocenters. The van der Waals surface area contributed by atoms with E-state index < -0.39 is 29.3 Å². The molecule has 106 valence electrons. The third-order valence-electron chi connectivity index (χ3n) is 2.92. The van der Waals surface area contributed by atoms with Crippen molar-refractivity contribution in [1.82, 2.24) is 0 Å². The third-order valence-corrected chi connectivity index (χ3v) is 3.25. The molecule has 0 amide bonds. The molecule has 0 saturated heterocycles. The van der Waals surface area contributed by atoms with Crippen molar-refractivity contribution in [2.45, 2.75) is 12.5 Å². The molecule has 0 spiro atoms. The molecule has 20 heavy (non-hydrogen) atoms. The minimum atomic E-state index is -1.12. The van der Waals surface area contributed by atoms with Crippen LogP contribution in [0.3, 0.4) is 0 Å². The van der Waals surface area contributed by atoms with Gasteiger partial charge in [-0.3, -0.25) is 0 Å². The fourth-order valence-corrected chi connectivity index (χ4v) is 2.17. The standard InChI is InChI=1S/C14H10ClF4N/c15-9-6-13(19)12(18)4-7(9)14(20)5-8-10(16)2-1-3-11(8)17/h1-4,6,14H,5,20H2. The molecule has 0 bridgehead atoms. The fourth-order valence-electron chi connectivity index (χ4n) is 1.88. The largest absolute Gasteiger partial charge is 0.324 e. The van der Waals surface area contributed by atoms with Gasteiger partial charge in [0, 0.05) is 16.6 Å². The molecule has 0 saturated carbocycles. The van der Waals surface area contributed by atoms with E-state index in [9.17, 15) is 17.6 Å². The summed E-state index contributed by atoms with van der Waals surface area (Å²) in [7, 11) is 0. The van der Waals surface area contributed by atoms with Crippen molar-refractivity contribution < 1.29 is 17.6 Å². The Morgan fingerprint density at radius 1 is 0.950 bits per heavy atom. The Labute approximate surface area is 118 Å². The van der Waals surface area contributed by atoms with Gasteiger partial charge in [0.05, 0.1) is 0 Å². The molecule has 0 radical (unpaired) electrons. The lowest BCUT2D eigenvalue weighted by molar-refractivity contribution is 0.503. The Morgan fingerprint density at radius 2 is 1.50 bits per heavy atom. The van der Waals surface area contributed by atoms with Gasteiger partial charge in [-0.15, -0.1) is 0 Å². The Balaban J connectivity index is 2.33. The van der Waals surface area contributed by atoms with Gasteiger partial charge in [0.1, 0.15) is 11.6 Å². The van der Waals surface area contributed by atoms with Crippen LogP contribution in [0.5, 0.6) is 0 Å². The first-order valence-electron chi connectivity index (χ1n) is 5.73. The molecule has 2 aromatic rings. The normalized spacial score (nSPS) is 12.5. The highest BCUT2D eigenvalue weighted by Gasteiger charge is 2.18. The topological polar surface area (TPSA) is 26.0 Å². The molecule has 0 aliphatic rings. The van der Waals surface area contributed by atoms with Crippen LogP contribution in [-0.4, -0.2) is 0 Å². The average Bonchev–Trinajstić information content (AvgIpc) is 2.38. The van der Waals surface area contributed by atoms with Crippen LogP contribution in [-0.2, 0) is 6.42 Å². The highest BCUT2D eigenvalue weighted by atomic mass is 35.5. The molecule has 6 heteroatoms. The number of rotatable bonds is 3. The summed E-state index contributed by atoms with van der Waals surface area (Å²) in [6.07, 6.45) is -0.219. The monoisotopic (exact) mass is 303 g/mol. The van der Waals surface area contributed by atoms with Crippen LogP contribution in [0, 0.1) is 23.3 Å². The van der Waals surface area contributed by atoms with Crippen molar-refractivity contribution >= 4 is 11.6 Å². The Kier molecular flexibility index (Phi) is 4.30. The van der Waals surface area contributed by atoms with Gasteiger partial charge in [0.15, 0.2) is 11.6 Å². The van der Waals surface area contributed by atoms with E-state index in [0.717, 1.165) is 24.3 Å². The van der Waals surface area contributed by atoms with Gasteiger partial charge in [-0.2, -0.15) is 0 Å². The summed E-state index contributed by atoms with van der Waals surface area (Å²) in [6, 6.07) is 4.08. The van der Waals surface area contributed by atoms with E-state index in [4.69, 9.17) is 17.3 Å². The maximum Gasteiger partial charge on any atom is 0.160 e. The molecular weight excluding hydrogens is 294 g/mol. The van der Waals surface area contributed by atoms with Gasteiger partial charge in [0.2, 0.25) is 0 Å². The maximum atomic E-state index is 13.5. The average molecular weight is 304 g/mol. The SMILES string of the molecule is NC(Cc1c(F)cccc1F)c1cc(F)c(F)cc1Cl. The first-order chi connectivity index (χ1) is 9.40. The predicted octanol–water partition coefficient (Wildman–Crippen LogP) is 4.14. The van der Waals surface area contributed by atoms with Crippen LogP contribution >= 0.6 is 11.6 Å². The highest BCUT2D eigenvalue weighted by molar-refractivity contribution is 6.31. The van der Waals surface area contributed by atoms with Crippen LogP contribution < -0.4 is 5.73 Å². The third kappa shape index (κ3) is 2.94. The molecule has 0 heterocycles. The van der Waals surface area contributed by atoms with E-state index in [1.165, 1.54) is 6.07 Å². The summed E-state index contributed by atoms with van der Waals surface area (Å²) in [5.41, 5.74) is 5.65. The molecule has 0 fully saturated rings. The summed E-state index contributed by atoms with van der Waals surface area (Å²) < 4.78 is 53.2. The molecule has 2 N–H and O–H groups in total. The number of benzene rings is 2. The first-order valence-corrected chi connectivity index (χ1v) is 6.11. The van der Waals surface area contributed by atoms with Crippen LogP contribution in [0.4, 0.5) is 17.6 Å². The van der Waals surface area contributed by atoms with Crippen molar-refractivity contribution in [1.29, 1.82) is 0 Å². The van der Waals surface area contributed by atoms with Gasteiger partial charge >= 0.3 is 0 Å². The van der Waals surface area contributed by atoms with Gasteiger partial charge in [0.25, 0.3) is 0 Å². The van der Waals surface area contributed by atoms with Crippen molar-refractivity contribution in [3.05, 3.63) is 69.8 Å². The zero-order valence-corrected chi connectivity index (χ0v) is 10.9. The Hall–Kier alpha value is -1.59. The second-order valence-electron chi connectivity index (χ2n) is 4.30. The van der Waals surface area contributed by atoms with Crippen molar-refractivity contribution in [3.63, 3.8) is 0 Å². The molecule has 0 aromatic heterocycles. The summed E-state index contributed by atoms with van der Waals surface area (Å²) in [5.74, 6) is -3.73. The second kappa shape index (κ2) is 5.81. The summed E-state index contributed by atoms with van der Waals surface area (Å²) in [6.45, 7) is 0. The lowest BCUT2D eigenvalue weighted by Crippen LogP contribution is -2.16. The van der Waals surface area contributed by atoms with Crippen molar-refractivity contribution in [3.8, 4) is 0 Å². The number of hydrogen-bond acceptors (Lipinski definition) is 1. The summed E-state index contributed by atoms with van der Waals surface area (Å²) in [4.78, 5) is 0. The van der Waals surface area contributed by atoms with Crippen LogP contribution in [0.15, 0.2) is 30.3 Å². The van der Waals surface area contributed by atoms with E-state index in [2.05, 4.69) is 0 Å². The van der Waals surface area contributed by atoms with E-state index >= 15 is 0 Å². The van der Waals surface area contributed by atoms with Crippen LogP contribution in [0.1, 0.15) is 17.2 Å². The minimum Gasteiger partial charge on any atom is -0.324 e. The van der Waals surface area contributed by atoms with Gasteiger partial charge in [-0.25, -0.2) is 17.6 Å². The molecule has 1 atom stereocenters. The van der Waals surface area contributed by atoms with E-state index in [1.54, 1.807) is 0 Å². The van der Waals surface area contributed by atoms with E-state index in [0.29, 0.717) is 0 Å². The minimum absolute atomic E-state index is 0.0897. The van der Waals surface area contributed by atoms with Gasteiger partial charge < -0.3 is 5.73 Å². The first kappa shape index (κ1) is 14.8. The second-order valence-corrected chi connectivity index (χ2v) is 4.71. The van der Waals surface area contributed by atoms with E-state index in [1.807, 2.05) is 0 Å². The lowest BCUT2D eigenvalue weighted by Gasteiger charge is -2.15. The summed E-state index contributed by atoms with van der Waals surface area (Å²) >= 11 is 5.77. The fraction of sp³-hybridized carbons (Fsp3) is 0.143.